The van der Waals surface area contributed by atoms with Crippen LogP contribution in [0.1, 0.15) is 18.7 Å². The highest BCUT2D eigenvalue weighted by Gasteiger charge is 2.18. The molecule has 1 aromatic carbocycles. The first-order chi connectivity index (χ1) is 9.59. The second-order valence-electron chi connectivity index (χ2n) is 4.49. The van der Waals surface area contributed by atoms with E-state index in [4.69, 9.17) is 12.2 Å². The van der Waals surface area contributed by atoms with E-state index in [1.54, 1.807) is 16.8 Å². The Morgan fingerprint density at radius 3 is 2.75 bits per heavy atom. The summed E-state index contributed by atoms with van der Waals surface area (Å²) in [6.45, 7) is 1.84. The van der Waals surface area contributed by atoms with Gasteiger partial charge in [0.05, 0.1) is 17.3 Å². The molecular formula is C14H11F2N3S. The van der Waals surface area contributed by atoms with Crippen molar-refractivity contribution in [2.24, 2.45) is 0 Å². The zero-order chi connectivity index (χ0) is 14.3. The zero-order valence-corrected chi connectivity index (χ0v) is 11.4. The van der Waals surface area contributed by atoms with Gasteiger partial charge in [-0.2, -0.15) is 0 Å². The molecule has 20 heavy (non-hydrogen) atoms. The Morgan fingerprint density at radius 1 is 1.25 bits per heavy atom. The quantitative estimate of drug-likeness (QED) is 0.724. The molecule has 0 amide bonds. The number of nitrogens with zero attached hydrogens (tertiary/aromatic N) is 2. The molecule has 3 aromatic rings. The normalized spacial score (nSPS) is 12.8. The Hall–Kier alpha value is -2.08. The predicted molar refractivity (Wildman–Crippen MR) is 75.1 cm³/mol. The molecule has 3 nitrogen and oxygen atoms in total. The Balaban J connectivity index is 2.29. The molecule has 0 aliphatic rings. The van der Waals surface area contributed by atoms with Crippen molar-refractivity contribution >= 4 is 23.3 Å². The van der Waals surface area contributed by atoms with Crippen LogP contribution in [0.15, 0.2) is 36.5 Å². The molecule has 1 N–H and O–H groups in total. The Bertz CT molecular complexity index is 824. The summed E-state index contributed by atoms with van der Waals surface area (Å²) in [5.41, 5.74) is 1.33. The lowest BCUT2D eigenvalue weighted by molar-refractivity contribution is 0.507. The number of benzene rings is 1. The lowest BCUT2D eigenvalue weighted by Gasteiger charge is -2.14. The van der Waals surface area contributed by atoms with Crippen LogP contribution >= 0.6 is 12.2 Å². The molecule has 0 fully saturated rings. The van der Waals surface area contributed by atoms with Gasteiger partial charge in [-0.1, -0.05) is 6.07 Å². The fourth-order valence-electron chi connectivity index (χ4n) is 2.28. The number of rotatable bonds is 2. The van der Waals surface area contributed by atoms with E-state index < -0.39 is 11.6 Å². The van der Waals surface area contributed by atoms with Crippen LogP contribution in [0.25, 0.3) is 11.0 Å². The summed E-state index contributed by atoms with van der Waals surface area (Å²) in [6.07, 6.45) is 1.65. The number of hydrogen-bond donors (Lipinski definition) is 1. The van der Waals surface area contributed by atoms with E-state index in [1.807, 2.05) is 19.1 Å². The molecule has 102 valence electrons. The molecule has 0 aliphatic heterocycles. The molecule has 0 bridgehead atoms. The molecule has 6 heteroatoms. The van der Waals surface area contributed by atoms with Crippen LogP contribution in [0.3, 0.4) is 0 Å². The minimum absolute atomic E-state index is 0.133. The zero-order valence-electron chi connectivity index (χ0n) is 10.6. The average molecular weight is 291 g/mol. The van der Waals surface area contributed by atoms with Gasteiger partial charge in [0.1, 0.15) is 5.52 Å². The fourth-order valence-corrected chi connectivity index (χ4v) is 2.64. The summed E-state index contributed by atoms with van der Waals surface area (Å²) in [6, 6.07) is 7.72. The number of pyridine rings is 1. The van der Waals surface area contributed by atoms with Crippen LogP contribution < -0.4 is 0 Å². The number of imidazole rings is 1. The highest BCUT2D eigenvalue weighted by molar-refractivity contribution is 7.71. The number of hydrogen-bond acceptors (Lipinski definition) is 2. The highest BCUT2D eigenvalue weighted by Crippen LogP contribution is 2.26. The third-order valence-electron chi connectivity index (χ3n) is 3.27. The lowest BCUT2D eigenvalue weighted by atomic mass is 10.2. The number of fused-ring (bicyclic) bond motifs is 1. The summed E-state index contributed by atoms with van der Waals surface area (Å²) in [5, 5.41) is 0. The number of nitrogens with one attached hydrogen (secondary N) is 1. The molecule has 2 aromatic heterocycles. The fraction of sp³-hybridized carbons (Fsp3) is 0.143. The number of halogens is 2. The summed E-state index contributed by atoms with van der Waals surface area (Å²) < 4.78 is 29.4. The van der Waals surface area contributed by atoms with E-state index in [1.165, 1.54) is 6.07 Å². The number of aromatic amines is 1. The van der Waals surface area contributed by atoms with Crippen molar-refractivity contribution in [2.75, 3.05) is 0 Å². The van der Waals surface area contributed by atoms with Crippen molar-refractivity contribution < 1.29 is 8.78 Å². The topological polar surface area (TPSA) is 33.6 Å². The number of H-pyrrole nitrogens is 1. The molecule has 0 aliphatic carbocycles. The van der Waals surface area contributed by atoms with Gasteiger partial charge >= 0.3 is 0 Å². The molecule has 0 saturated carbocycles. The average Bonchev–Trinajstić information content (AvgIpc) is 2.80. The van der Waals surface area contributed by atoms with Crippen LogP contribution in [-0.2, 0) is 0 Å². The van der Waals surface area contributed by atoms with Gasteiger partial charge in [0.2, 0.25) is 0 Å². The van der Waals surface area contributed by atoms with Crippen LogP contribution in [0.2, 0.25) is 0 Å². The van der Waals surface area contributed by atoms with Crippen molar-refractivity contribution in [3.8, 4) is 0 Å². The van der Waals surface area contributed by atoms with Crippen LogP contribution in [0, 0.1) is 16.4 Å². The lowest BCUT2D eigenvalue weighted by Crippen LogP contribution is -2.09. The smallest absolute Gasteiger partial charge is 0.184 e. The van der Waals surface area contributed by atoms with Gasteiger partial charge in [-0.25, -0.2) is 8.78 Å². The van der Waals surface area contributed by atoms with Gasteiger partial charge in [-0.05, 0) is 43.4 Å². The maximum Gasteiger partial charge on any atom is 0.184 e. The summed E-state index contributed by atoms with van der Waals surface area (Å²) in [5.74, 6) is -1.80. The van der Waals surface area contributed by atoms with Gasteiger partial charge in [-0.15, -0.1) is 0 Å². The Morgan fingerprint density at radius 2 is 2.05 bits per heavy atom. The largest absolute Gasteiger partial charge is 0.330 e. The molecule has 2 heterocycles. The molecule has 1 atom stereocenters. The van der Waals surface area contributed by atoms with E-state index in [9.17, 15) is 8.78 Å². The standard InChI is InChI=1S/C14H11F2N3S/c1-8(10-4-2-3-7-17-10)19-13-11(18-14(19)20)6-5-9(15)12(13)16/h2-8H,1H3,(H,18,20). The highest BCUT2D eigenvalue weighted by atomic mass is 32.1. The summed E-state index contributed by atoms with van der Waals surface area (Å²) >= 11 is 5.22. The molecule has 3 rings (SSSR count). The minimum Gasteiger partial charge on any atom is -0.330 e. The Kier molecular flexibility index (Phi) is 3.10. The molecular weight excluding hydrogens is 280 g/mol. The van der Waals surface area contributed by atoms with E-state index >= 15 is 0 Å². The maximum absolute atomic E-state index is 14.1. The molecule has 1 unspecified atom stereocenters. The second kappa shape index (κ2) is 4.79. The maximum atomic E-state index is 14.1. The Labute approximate surface area is 118 Å². The number of aromatic nitrogens is 3. The third kappa shape index (κ3) is 1.92. The minimum atomic E-state index is -0.905. The van der Waals surface area contributed by atoms with Crippen molar-refractivity contribution in [3.05, 3.63) is 58.6 Å². The monoisotopic (exact) mass is 291 g/mol. The van der Waals surface area contributed by atoms with E-state index in [0.717, 1.165) is 11.8 Å². The van der Waals surface area contributed by atoms with Gasteiger partial charge in [0.15, 0.2) is 16.4 Å². The van der Waals surface area contributed by atoms with Gasteiger partial charge < -0.3 is 9.55 Å². The van der Waals surface area contributed by atoms with Gasteiger partial charge in [0.25, 0.3) is 0 Å². The third-order valence-corrected chi connectivity index (χ3v) is 3.57. The van der Waals surface area contributed by atoms with Crippen LogP contribution in [-0.4, -0.2) is 14.5 Å². The summed E-state index contributed by atoms with van der Waals surface area (Å²) in [4.78, 5) is 7.13. The predicted octanol–water partition coefficient (Wildman–Crippen LogP) is 3.98. The second-order valence-corrected chi connectivity index (χ2v) is 4.87. The van der Waals surface area contributed by atoms with Gasteiger partial charge in [-0.3, -0.25) is 4.98 Å². The molecule has 0 radical (unpaired) electrons. The van der Waals surface area contributed by atoms with Crippen molar-refractivity contribution in [1.29, 1.82) is 0 Å². The van der Waals surface area contributed by atoms with E-state index in [2.05, 4.69) is 9.97 Å². The first kappa shape index (κ1) is 12.9. The van der Waals surface area contributed by atoms with Crippen molar-refractivity contribution in [2.45, 2.75) is 13.0 Å². The first-order valence-corrected chi connectivity index (χ1v) is 6.49. The first-order valence-electron chi connectivity index (χ1n) is 6.08. The van der Waals surface area contributed by atoms with E-state index in [-0.39, 0.29) is 11.6 Å². The van der Waals surface area contributed by atoms with Gasteiger partial charge in [0, 0.05) is 6.20 Å². The SMILES string of the molecule is CC(c1ccccn1)n1c(=S)[nH]c2ccc(F)c(F)c21. The van der Waals surface area contributed by atoms with Crippen LogP contribution in [0.4, 0.5) is 8.78 Å². The summed E-state index contributed by atoms with van der Waals surface area (Å²) in [7, 11) is 0. The van der Waals surface area contributed by atoms with Crippen molar-refractivity contribution in [3.63, 3.8) is 0 Å². The van der Waals surface area contributed by atoms with Crippen molar-refractivity contribution in [1.82, 2.24) is 14.5 Å². The molecule has 0 saturated heterocycles. The molecule has 0 spiro atoms. The van der Waals surface area contributed by atoms with Crippen LogP contribution in [0.5, 0.6) is 0 Å². The van der Waals surface area contributed by atoms with E-state index in [0.29, 0.717) is 10.3 Å².